The topological polar surface area (TPSA) is 118 Å². The molecule has 0 saturated carbocycles. The number of nitrogens with zero attached hydrogens (tertiary/aromatic N) is 2. The number of para-hydroxylation sites is 1. The van der Waals surface area contributed by atoms with E-state index in [0.29, 0.717) is 22.9 Å². The van der Waals surface area contributed by atoms with Crippen molar-refractivity contribution in [3.63, 3.8) is 0 Å². The van der Waals surface area contributed by atoms with E-state index >= 15 is 0 Å². The van der Waals surface area contributed by atoms with Crippen molar-refractivity contribution in [1.29, 1.82) is 0 Å². The van der Waals surface area contributed by atoms with Gasteiger partial charge in [0, 0.05) is 30.2 Å². The molecule has 0 spiro atoms. The number of rotatable bonds is 9. The number of ether oxygens (including phenoxy) is 1. The lowest BCUT2D eigenvalue weighted by Crippen LogP contribution is -2.41. The molecular weight excluding hydrogens is 548 g/mol. The molecule has 0 bridgehead atoms. The number of carbonyl (C=O) groups excluding carboxylic acids is 2. The van der Waals surface area contributed by atoms with Crippen molar-refractivity contribution in [2.24, 2.45) is 0 Å². The van der Waals surface area contributed by atoms with Gasteiger partial charge < -0.3 is 15.4 Å². The zero-order valence-corrected chi connectivity index (χ0v) is 23.4. The highest BCUT2D eigenvalue weighted by Gasteiger charge is 2.37. The maximum absolute atomic E-state index is 13.7. The normalized spacial score (nSPS) is 15.2. The van der Waals surface area contributed by atoms with Crippen molar-refractivity contribution < 1.29 is 22.7 Å². The molecule has 1 aromatic heterocycles. The molecule has 0 saturated heterocycles. The molecule has 0 aliphatic carbocycles. The smallest absolute Gasteiger partial charge is 0.308 e. The van der Waals surface area contributed by atoms with Crippen molar-refractivity contribution in [1.82, 2.24) is 9.29 Å². The third-order valence-corrected chi connectivity index (χ3v) is 9.19. The van der Waals surface area contributed by atoms with Gasteiger partial charge in [0.15, 0.2) is 5.13 Å². The average molecular weight is 577 g/mol. The lowest BCUT2D eigenvalue weighted by molar-refractivity contribution is -0.146. The van der Waals surface area contributed by atoms with Gasteiger partial charge in [0.1, 0.15) is 6.61 Å². The summed E-state index contributed by atoms with van der Waals surface area (Å²) >= 11 is 1.40. The molecule has 1 amide bonds. The fourth-order valence-corrected chi connectivity index (χ4v) is 6.94. The molecular formula is C29H28N4O5S2. The number of carbonyl (C=O) groups is 2. The van der Waals surface area contributed by atoms with Crippen LogP contribution in [0.1, 0.15) is 36.2 Å². The number of fused-ring (bicyclic) bond motifs is 1. The summed E-state index contributed by atoms with van der Waals surface area (Å²) in [5, 5.41) is 8.34. The molecule has 0 radical (unpaired) electrons. The van der Waals surface area contributed by atoms with Gasteiger partial charge in [-0.1, -0.05) is 42.5 Å². The minimum absolute atomic E-state index is 0.0163. The van der Waals surface area contributed by atoms with Crippen LogP contribution in [0.4, 0.5) is 16.5 Å². The second-order valence-corrected chi connectivity index (χ2v) is 12.0. The molecule has 3 aromatic carbocycles. The summed E-state index contributed by atoms with van der Waals surface area (Å²) in [5.41, 5.74) is 3.79. The van der Waals surface area contributed by atoms with Gasteiger partial charge in [-0.25, -0.2) is 13.4 Å². The van der Waals surface area contributed by atoms with Crippen LogP contribution in [0.25, 0.3) is 0 Å². The van der Waals surface area contributed by atoms with E-state index in [2.05, 4.69) is 15.6 Å². The van der Waals surface area contributed by atoms with Gasteiger partial charge in [-0.15, -0.1) is 11.3 Å². The lowest BCUT2D eigenvalue weighted by atomic mass is 9.92. The molecule has 1 aliphatic heterocycles. The second-order valence-electron chi connectivity index (χ2n) is 9.29. The number of hydrogen-bond donors (Lipinski definition) is 2. The maximum atomic E-state index is 13.7. The highest BCUT2D eigenvalue weighted by Crippen LogP contribution is 2.37. The number of nitrogens with one attached hydrogen (secondary N) is 2. The van der Waals surface area contributed by atoms with Crippen LogP contribution in [0, 0.1) is 0 Å². The second kappa shape index (κ2) is 12.0. The number of esters is 1. The zero-order chi connectivity index (χ0) is 28.1. The Hall–Kier alpha value is -4.06. The Bertz CT molecular complexity index is 1600. The number of anilines is 3. The third-order valence-electron chi connectivity index (χ3n) is 6.46. The molecule has 11 heteroatoms. The molecule has 1 atom stereocenters. The zero-order valence-electron chi connectivity index (χ0n) is 21.7. The summed E-state index contributed by atoms with van der Waals surface area (Å²) in [5.74, 6) is -0.767. The Morgan fingerprint density at radius 2 is 1.73 bits per heavy atom. The Morgan fingerprint density at radius 1 is 1.00 bits per heavy atom. The maximum Gasteiger partial charge on any atom is 0.308 e. The van der Waals surface area contributed by atoms with Gasteiger partial charge in [0.2, 0.25) is 15.9 Å². The van der Waals surface area contributed by atoms with Crippen LogP contribution in [-0.2, 0) is 37.4 Å². The first kappa shape index (κ1) is 27.5. The van der Waals surface area contributed by atoms with Gasteiger partial charge in [0.25, 0.3) is 0 Å². The number of amides is 1. The summed E-state index contributed by atoms with van der Waals surface area (Å²) in [4.78, 5) is 28.9. The summed E-state index contributed by atoms with van der Waals surface area (Å²) in [6, 6.07) is 22.5. The quantitative estimate of drug-likeness (QED) is 0.261. The summed E-state index contributed by atoms with van der Waals surface area (Å²) in [6.07, 6.45) is 0.389. The van der Waals surface area contributed by atoms with E-state index in [1.54, 1.807) is 12.1 Å². The fourth-order valence-electron chi connectivity index (χ4n) is 4.62. The van der Waals surface area contributed by atoms with Crippen molar-refractivity contribution in [2.75, 3.05) is 17.2 Å². The largest absolute Gasteiger partial charge is 0.459 e. The molecule has 2 heterocycles. The summed E-state index contributed by atoms with van der Waals surface area (Å²) in [6.45, 7) is 1.59. The van der Waals surface area contributed by atoms with Gasteiger partial charge in [-0.05, 0) is 53.9 Å². The summed E-state index contributed by atoms with van der Waals surface area (Å²) in [7, 11) is -3.94. The van der Waals surface area contributed by atoms with E-state index < -0.39 is 22.0 Å². The predicted molar refractivity (Wildman–Crippen MR) is 154 cm³/mol. The van der Waals surface area contributed by atoms with E-state index in [4.69, 9.17) is 4.74 Å². The molecule has 206 valence electrons. The van der Waals surface area contributed by atoms with E-state index in [0.717, 1.165) is 16.8 Å². The SMILES string of the molecule is CC(=O)Nc1ccc(S(=O)(=O)N2CCc3ccccc3C2CC(=O)OCc2csc(Nc3ccccc3)n2)cc1. The molecule has 4 aromatic rings. The van der Waals surface area contributed by atoms with Gasteiger partial charge >= 0.3 is 5.97 Å². The van der Waals surface area contributed by atoms with E-state index in [1.807, 2.05) is 60.0 Å². The number of benzene rings is 3. The Balaban J connectivity index is 1.30. The average Bonchev–Trinajstić information content (AvgIpc) is 3.39. The summed E-state index contributed by atoms with van der Waals surface area (Å²) < 4.78 is 34.4. The molecule has 9 nitrogen and oxygen atoms in total. The first-order chi connectivity index (χ1) is 19.3. The minimum Gasteiger partial charge on any atom is -0.459 e. The van der Waals surface area contributed by atoms with Crippen LogP contribution in [0.2, 0.25) is 0 Å². The first-order valence-electron chi connectivity index (χ1n) is 12.7. The minimum atomic E-state index is -3.94. The van der Waals surface area contributed by atoms with Crippen LogP contribution >= 0.6 is 11.3 Å². The van der Waals surface area contributed by atoms with Crippen LogP contribution in [0.5, 0.6) is 0 Å². The number of hydrogen-bond acceptors (Lipinski definition) is 8. The Morgan fingerprint density at radius 3 is 2.48 bits per heavy atom. The van der Waals surface area contributed by atoms with Crippen LogP contribution in [0.15, 0.2) is 89.1 Å². The van der Waals surface area contributed by atoms with Crippen LogP contribution < -0.4 is 10.6 Å². The van der Waals surface area contributed by atoms with Crippen LogP contribution in [0.3, 0.4) is 0 Å². The molecule has 5 rings (SSSR count). The molecule has 40 heavy (non-hydrogen) atoms. The third kappa shape index (κ3) is 6.39. The lowest BCUT2D eigenvalue weighted by Gasteiger charge is -2.36. The Kier molecular flexibility index (Phi) is 8.24. The van der Waals surface area contributed by atoms with Gasteiger partial charge in [-0.3, -0.25) is 9.59 Å². The van der Waals surface area contributed by atoms with E-state index in [9.17, 15) is 18.0 Å². The predicted octanol–water partition coefficient (Wildman–Crippen LogP) is 5.27. The number of thiazole rings is 1. The van der Waals surface area contributed by atoms with Gasteiger partial charge in [0.05, 0.1) is 23.1 Å². The van der Waals surface area contributed by atoms with Crippen molar-refractivity contribution in [2.45, 2.75) is 37.3 Å². The molecule has 0 fully saturated rings. The van der Waals surface area contributed by atoms with E-state index in [-0.39, 0.29) is 30.4 Å². The van der Waals surface area contributed by atoms with Crippen LogP contribution in [-0.4, -0.2) is 36.1 Å². The Labute approximate surface area is 236 Å². The monoisotopic (exact) mass is 576 g/mol. The number of aromatic nitrogens is 1. The molecule has 1 aliphatic rings. The van der Waals surface area contributed by atoms with Gasteiger partial charge in [-0.2, -0.15) is 4.31 Å². The fraction of sp³-hybridized carbons (Fsp3) is 0.207. The standard InChI is InChI=1S/C29H28N4O5S2/c1-20(34)30-23-11-13-25(14-12-23)40(36,37)33-16-15-21-7-5-6-10-26(21)27(33)17-28(35)38-18-24-19-39-29(32-24)31-22-8-3-2-4-9-22/h2-14,19,27H,15-18H2,1H3,(H,30,34)(H,31,32). The van der Waals surface area contributed by atoms with Crippen molar-refractivity contribution >= 4 is 49.7 Å². The highest BCUT2D eigenvalue weighted by molar-refractivity contribution is 7.89. The molecule has 2 N–H and O–H groups in total. The van der Waals surface area contributed by atoms with Crippen molar-refractivity contribution in [3.8, 4) is 0 Å². The van der Waals surface area contributed by atoms with E-state index in [1.165, 1.54) is 34.7 Å². The highest BCUT2D eigenvalue weighted by atomic mass is 32.2. The number of sulfonamides is 1. The molecule has 1 unspecified atom stereocenters. The van der Waals surface area contributed by atoms with Crippen molar-refractivity contribution in [3.05, 3.63) is 101 Å². The first-order valence-corrected chi connectivity index (χ1v) is 15.0.